The van der Waals surface area contributed by atoms with Crippen LogP contribution in [0, 0.1) is 0 Å². The third-order valence-corrected chi connectivity index (χ3v) is 3.74. The Kier molecular flexibility index (Phi) is 4.67. The maximum Gasteiger partial charge on any atom is 0.0637 e. The zero-order valence-electron chi connectivity index (χ0n) is 10.2. The molecule has 0 aliphatic rings. The minimum absolute atomic E-state index is 0.276. The molecule has 2 aromatic carbocycles. The lowest BCUT2D eigenvalue weighted by Gasteiger charge is -2.19. The van der Waals surface area contributed by atoms with E-state index in [0.29, 0.717) is 0 Å². The maximum absolute atomic E-state index is 6.17. The van der Waals surface area contributed by atoms with Crippen LogP contribution in [0.25, 0.3) is 0 Å². The molecule has 1 unspecified atom stereocenters. The van der Waals surface area contributed by atoms with Crippen LogP contribution in [0.15, 0.2) is 53.0 Å². The minimum Gasteiger partial charge on any atom is -0.377 e. The van der Waals surface area contributed by atoms with Crippen molar-refractivity contribution in [3.05, 3.63) is 63.6 Å². The summed E-state index contributed by atoms with van der Waals surface area (Å²) < 4.78 is 1.10. The average molecular weight is 325 g/mol. The number of rotatable bonds is 4. The Balaban J connectivity index is 2.20. The summed E-state index contributed by atoms with van der Waals surface area (Å²) in [7, 11) is 0. The first-order valence-corrected chi connectivity index (χ1v) is 7.14. The molecule has 2 aromatic rings. The van der Waals surface area contributed by atoms with Crippen molar-refractivity contribution in [1.82, 2.24) is 0 Å². The highest BCUT2D eigenvalue weighted by Crippen LogP contribution is 2.28. The molecule has 0 aromatic heterocycles. The highest BCUT2D eigenvalue weighted by molar-refractivity contribution is 9.10. The third kappa shape index (κ3) is 3.27. The van der Waals surface area contributed by atoms with Crippen molar-refractivity contribution >= 4 is 33.2 Å². The first-order chi connectivity index (χ1) is 8.70. The van der Waals surface area contributed by atoms with Crippen molar-refractivity contribution < 1.29 is 0 Å². The van der Waals surface area contributed by atoms with Gasteiger partial charge < -0.3 is 5.32 Å². The highest BCUT2D eigenvalue weighted by Gasteiger charge is 2.10. The molecule has 0 heterocycles. The Morgan fingerprint density at radius 2 is 1.78 bits per heavy atom. The first-order valence-electron chi connectivity index (χ1n) is 5.97. The molecule has 94 valence electrons. The van der Waals surface area contributed by atoms with E-state index in [0.717, 1.165) is 21.6 Å². The summed E-state index contributed by atoms with van der Waals surface area (Å²) in [5, 5.41) is 4.24. The fraction of sp³-hybridized carbons (Fsp3) is 0.200. The molecular formula is C15H15BrClN. The number of halogens is 2. The maximum atomic E-state index is 6.17. The van der Waals surface area contributed by atoms with E-state index in [1.54, 1.807) is 0 Å². The summed E-state index contributed by atoms with van der Waals surface area (Å²) in [4.78, 5) is 0. The van der Waals surface area contributed by atoms with E-state index in [4.69, 9.17) is 11.6 Å². The average Bonchev–Trinajstić information content (AvgIpc) is 2.39. The first kappa shape index (κ1) is 13.4. The van der Waals surface area contributed by atoms with Crippen LogP contribution in [0.1, 0.15) is 24.9 Å². The van der Waals surface area contributed by atoms with Crippen LogP contribution in [0.5, 0.6) is 0 Å². The standard InChI is InChI=1S/C15H15BrClN/c1-2-14(11-7-9-12(16)10-8-11)18-15-6-4-3-5-13(15)17/h3-10,14,18H,2H2,1H3. The Labute approximate surface area is 121 Å². The summed E-state index contributed by atoms with van der Waals surface area (Å²) in [6, 6.07) is 16.5. The van der Waals surface area contributed by atoms with Gasteiger partial charge in [-0.05, 0) is 36.2 Å². The van der Waals surface area contributed by atoms with Gasteiger partial charge >= 0.3 is 0 Å². The van der Waals surface area contributed by atoms with E-state index in [9.17, 15) is 0 Å². The summed E-state index contributed by atoms with van der Waals surface area (Å²) in [6.07, 6.45) is 1.01. The monoisotopic (exact) mass is 323 g/mol. The van der Waals surface area contributed by atoms with Gasteiger partial charge in [-0.3, -0.25) is 0 Å². The van der Waals surface area contributed by atoms with Crippen LogP contribution in [-0.4, -0.2) is 0 Å². The normalized spacial score (nSPS) is 12.2. The van der Waals surface area contributed by atoms with Crippen LogP contribution in [0.4, 0.5) is 5.69 Å². The highest BCUT2D eigenvalue weighted by atomic mass is 79.9. The third-order valence-electron chi connectivity index (χ3n) is 2.88. The molecule has 0 saturated heterocycles. The van der Waals surface area contributed by atoms with Crippen molar-refractivity contribution in [1.29, 1.82) is 0 Å². The van der Waals surface area contributed by atoms with Crippen molar-refractivity contribution in [2.45, 2.75) is 19.4 Å². The van der Waals surface area contributed by atoms with E-state index in [-0.39, 0.29) is 6.04 Å². The lowest BCUT2D eigenvalue weighted by atomic mass is 10.0. The lowest BCUT2D eigenvalue weighted by molar-refractivity contribution is 0.749. The number of hydrogen-bond acceptors (Lipinski definition) is 1. The summed E-state index contributed by atoms with van der Waals surface area (Å²) in [5.41, 5.74) is 2.24. The molecule has 2 rings (SSSR count). The number of nitrogens with one attached hydrogen (secondary N) is 1. The molecular weight excluding hydrogens is 310 g/mol. The van der Waals surface area contributed by atoms with Gasteiger partial charge in [-0.1, -0.05) is 58.7 Å². The fourth-order valence-electron chi connectivity index (χ4n) is 1.88. The summed E-state index contributed by atoms with van der Waals surface area (Å²) in [5.74, 6) is 0. The molecule has 1 atom stereocenters. The molecule has 0 amide bonds. The Hall–Kier alpha value is -0.990. The van der Waals surface area contributed by atoms with E-state index in [1.165, 1.54) is 5.56 Å². The molecule has 1 nitrogen and oxygen atoms in total. The van der Waals surface area contributed by atoms with Crippen LogP contribution < -0.4 is 5.32 Å². The van der Waals surface area contributed by atoms with Gasteiger partial charge in [0.05, 0.1) is 16.8 Å². The zero-order valence-corrected chi connectivity index (χ0v) is 12.5. The number of para-hydroxylation sites is 1. The fourth-order valence-corrected chi connectivity index (χ4v) is 2.34. The van der Waals surface area contributed by atoms with Crippen molar-refractivity contribution in [2.75, 3.05) is 5.32 Å². The molecule has 1 N–H and O–H groups in total. The van der Waals surface area contributed by atoms with Crippen LogP contribution in [-0.2, 0) is 0 Å². The van der Waals surface area contributed by atoms with Gasteiger partial charge in [-0.2, -0.15) is 0 Å². The van der Waals surface area contributed by atoms with Crippen molar-refractivity contribution in [2.24, 2.45) is 0 Å². The molecule has 0 spiro atoms. The van der Waals surface area contributed by atoms with E-state index in [2.05, 4.69) is 52.4 Å². The largest absolute Gasteiger partial charge is 0.377 e. The molecule has 0 radical (unpaired) electrons. The second kappa shape index (κ2) is 6.26. The number of benzene rings is 2. The lowest BCUT2D eigenvalue weighted by Crippen LogP contribution is -2.09. The topological polar surface area (TPSA) is 12.0 Å². The molecule has 0 saturated carbocycles. The van der Waals surface area contributed by atoms with Gasteiger partial charge in [-0.15, -0.1) is 0 Å². The summed E-state index contributed by atoms with van der Waals surface area (Å²) >= 11 is 9.62. The van der Waals surface area contributed by atoms with Crippen LogP contribution in [0.3, 0.4) is 0 Å². The number of anilines is 1. The molecule has 0 aliphatic heterocycles. The zero-order chi connectivity index (χ0) is 13.0. The van der Waals surface area contributed by atoms with Gasteiger partial charge in [0.15, 0.2) is 0 Å². The smallest absolute Gasteiger partial charge is 0.0637 e. The Bertz CT molecular complexity index is 510. The van der Waals surface area contributed by atoms with Gasteiger partial charge in [0, 0.05) is 4.47 Å². The van der Waals surface area contributed by atoms with E-state index in [1.807, 2.05) is 24.3 Å². The number of hydrogen-bond donors (Lipinski definition) is 1. The molecule has 0 fully saturated rings. The van der Waals surface area contributed by atoms with Crippen LogP contribution >= 0.6 is 27.5 Å². The molecule has 0 aliphatic carbocycles. The predicted octanol–water partition coefficient (Wildman–Crippen LogP) is 5.67. The summed E-state index contributed by atoms with van der Waals surface area (Å²) in [6.45, 7) is 2.16. The van der Waals surface area contributed by atoms with Gasteiger partial charge in [0.2, 0.25) is 0 Å². The van der Waals surface area contributed by atoms with Gasteiger partial charge in [0.25, 0.3) is 0 Å². The predicted molar refractivity (Wildman–Crippen MR) is 82.2 cm³/mol. The van der Waals surface area contributed by atoms with Crippen molar-refractivity contribution in [3.8, 4) is 0 Å². The Morgan fingerprint density at radius 1 is 1.11 bits per heavy atom. The van der Waals surface area contributed by atoms with Gasteiger partial charge in [-0.25, -0.2) is 0 Å². The second-order valence-corrected chi connectivity index (χ2v) is 5.46. The minimum atomic E-state index is 0.276. The van der Waals surface area contributed by atoms with Crippen LogP contribution in [0.2, 0.25) is 5.02 Å². The Morgan fingerprint density at radius 3 is 2.39 bits per heavy atom. The molecule has 0 bridgehead atoms. The molecule has 18 heavy (non-hydrogen) atoms. The van der Waals surface area contributed by atoms with Gasteiger partial charge in [0.1, 0.15) is 0 Å². The van der Waals surface area contributed by atoms with E-state index >= 15 is 0 Å². The SMILES string of the molecule is CCC(Nc1ccccc1Cl)c1ccc(Br)cc1. The van der Waals surface area contributed by atoms with E-state index < -0.39 is 0 Å². The molecule has 3 heteroatoms. The van der Waals surface area contributed by atoms with Crippen molar-refractivity contribution in [3.63, 3.8) is 0 Å². The quantitative estimate of drug-likeness (QED) is 0.764. The second-order valence-electron chi connectivity index (χ2n) is 4.14.